The maximum absolute atomic E-state index is 9.13. The third-order valence-electron chi connectivity index (χ3n) is 3.47. The number of phenols is 2. The summed E-state index contributed by atoms with van der Waals surface area (Å²) in [6, 6.07) is 26.6. The molecule has 0 unspecified atom stereocenters. The topological polar surface area (TPSA) is 40.5 Å². The van der Waals surface area contributed by atoms with Crippen LogP contribution in [0.25, 0.3) is 21.5 Å². The normalized spacial score (nSPS) is 10.2. The second-order valence-electron chi connectivity index (χ2n) is 5.06. The Morgan fingerprint density at radius 3 is 1.18 bits per heavy atom. The molecule has 4 aromatic rings. The number of rotatable bonds is 0. The highest BCUT2D eigenvalue weighted by Gasteiger charge is 1.92. The number of benzene rings is 4. The zero-order chi connectivity index (χ0) is 15.4. The summed E-state index contributed by atoms with van der Waals surface area (Å²) in [6.45, 7) is 0. The minimum atomic E-state index is 0.323. The Hall–Kier alpha value is -3.00. The van der Waals surface area contributed by atoms with E-state index in [9.17, 15) is 0 Å². The molecule has 0 amide bonds. The van der Waals surface area contributed by atoms with Crippen molar-refractivity contribution in [2.45, 2.75) is 0 Å². The molecular weight excluding hydrogens is 272 g/mol. The quantitative estimate of drug-likeness (QED) is 0.473. The standard InChI is InChI=1S/2C10H8O/c2*11-10-6-5-8-3-1-2-4-9(8)7-10/h2*1-7,11H. The Balaban J connectivity index is 0.000000131. The first-order valence-corrected chi connectivity index (χ1v) is 7.08. The second-order valence-corrected chi connectivity index (χ2v) is 5.06. The molecule has 4 rings (SSSR count). The summed E-state index contributed by atoms with van der Waals surface area (Å²) in [6.07, 6.45) is 0. The Labute approximate surface area is 128 Å². The third-order valence-corrected chi connectivity index (χ3v) is 3.47. The van der Waals surface area contributed by atoms with E-state index < -0.39 is 0 Å². The van der Waals surface area contributed by atoms with Crippen LogP contribution in [0.5, 0.6) is 11.5 Å². The molecule has 0 aliphatic rings. The fraction of sp³-hybridized carbons (Fsp3) is 0. The summed E-state index contributed by atoms with van der Waals surface area (Å²) in [5.74, 6) is 0.646. The Kier molecular flexibility index (Phi) is 3.92. The van der Waals surface area contributed by atoms with E-state index in [-0.39, 0.29) is 0 Å². The summed E-state index contributed by atoms with van der Waals surface area (Å²) in [5.41, 5.74) is 0. The molecule has 0 bridgehead atoms. The van der Waals surface area contributed by atoms with Crippen LogP contribution in [0.1, 0.15) is 0 Å². The van der Waals surface area contributed by atoms with Crippen molar-refractivity contribution in [3.63, 3.8) is 0 Å². The van der Waals surface area contributed by atoms with Gasteiger partial charge in [-0.25, -0.2) is 0 Å². The van der Waals surface area contributed by atoms with Gasteiger partial charge in [0.2, 0.25) is 0 Å². The zero-order valence-corrected chi connectivity index (χ0v) is 12.0. The highest BCUT2D eigenvalue weighted by Crippen LogP contribution is 2.19. The van der Waals surface area contributed by atoms with Crippen LogP contribution in [0.15, 0.2) is 84.9 Å². The first-order chi connectivity index (χ1) is 10.7. The van der Waals surface area contributed by atoms with Crippen molar-refractivity contribution in [3.05, 3.63) is 84.9 Å². The van der Waals surface area contributed by atoms with Gasteiger partial charge in [0, 0.05) is 0 Å². The monoisotopic (exact) mass is 288 g/mol. The Morgan fingerprint density at radius 1 is 0.409 bits per heavy atom. The van der Waals surface area contributed by atoms with Crippen LogP contribution in [-0.4, -0.2) is 10.2 Å². The maximum atomic E-state index is 9.13. The van der Waals surface area contributed by atoms with Crippen LogP contribution in [0, 0.1) is 0 Å². The molecule has 2 heteroatoms. The molecule has 4 aromatic carbocycles. The predicted molar refractivity (Wildman–Crippen MR) is 91.2 cm³/mol. The van der Waals surface area contributed by atoms with Gasteiger partial charge in [-0.2, -0.15) is 0 Å². The first kappa shape index (κ1) is 14.0. The van der Waals surface area contributed by atoms with Gasteiger partial charge in [-0.3, -0.25) is 0 Å². The molecule has 2 N–H and O–H groups in total. The molecular formula is C20H16O2. The average Bonchev–Trinajstić information content (AvgIpc) is 2.55. The van der Waals surface area contributed by atoms with Crippen LogP contribution in [-0.2, 0) is 0 Å². The van der Waals surface area contributed by atoms with Gasteiger partial charge in [-0.1, -0.05) is 60.7 Å². The van der Waals surface area contributed by atoms with E-state index in [1.54, 1.807) is 24.3 Å². The van der Waals surface area contributed by atoms with Crippen molar-refractivity contribution in [1.29, 1.82) is 0 Å². The second kappa shape index (κ2) is 6.19. The van der Waals surface area contributed by atoms with Gasteiger partial charge in [0.1, 0.15) is 11.5 Å². The van der Waals surface area contributed by atoms with E-state index in [4.69, 9.17) is 10.2 Å². The average molecular weight is 288 g/mol. The minimum absolute atomic E-state index is 0.323. The molecule has 0 atom stereocenters. The largest absolute Gasteiger partial charge is 0.508 e. The van der Waals surface area contributed by atoms with Gasteiger partial charge in [0.25, 0.3) is 0 Å². The van der Waals surface area contributed by atoms with Crippen molar-refractivity contribution >= 4 is 21.5 Å². The fourth-order valence-corrected chi connectivity index (χ4v) is 2.35. The first-order valence-electron chi connectivity index (χ1n) is 7.08. The lowest BCUT2D eigenvalue weighted by Gasteiger charge is -1.96. The molecule has 0 saturated heterocycles. The number of hydrogen-bond donors (Lipinski definition) is 2. The van der Waals surface area contributed by atoms with Gasteiger partial charge in [0.15, 0.2) is 0 Å². The van der Waals surface area contributed by atoms with Crippen LogP contribution in [0.4, 0.5) is 0 Å². The lowest BCUT2D eigenvalue weighted by Crippen LogP contribution is -1.69. The van der Waals surface area contributed by atoms with Crippen molar-refractivity contribution < 1.29 is 10.2 Å². The van der Waals surface area contributed by atoms with Gasteiger partial charge in [-0.05, 0) is 45.8 Å². The zero-order valence-electron chi connectivity index (χ0n) is 12.0. The lowest BCUT2D eigenvalue weighted by molar-refractivity contribution is 0.475. The van der Waals surface area contributed by atoms with Crippen LogP contribution in [0.2, 0.25) is 0 Å². The van der Waals surface area contributed by atoms with Crippen molar-refractivity contribution in [1.82, 2.24) is 0 Å². The van der Waals surface area contributed by atoms with Crippen LogP contribution in [0.3, 0.4) is 0 Å². The van der Waals surface area contributed by atoms with E-state index >= 15 is 0 Å². The van der Waals surface area contributed by atoms with E-state index in [1.165, 1.54) is 0 Å². The molecule has 0 aliphatic carbocycles. The number of phenolic OH excluding ortho intramolecular Hbond substituents is 2. The molecule has 0 heterocycles. The maximum Gasteiger partial charge on any atom is 0.116 e. The molecule has 0 spiro atoms. The summed E-state index contributed by atoms with van der Waals surface area (Å²) >= 11 is 0. The predicted octanol–water partition coefficient (Wildman–Crippen LogP) is 5.09. The molecule has 0 saturated carbocycles. The van der Waals surface area contributed by atoms with Crippen LogP contribution < -0.4 is 0 Å². The number of aromatic hydroxyl groups is 2. The lowest BCUT2D eigenvalue weighted by atomic mass is 10.1. The molecule has 0 aliphatic heterocycles. The number of hydrogen-bond acceptors (Lipinski definition) is 2. The molecule has 0 aromatic heterocycles. The van der Waals surface area contributed by atoms with E-state index in [0.29, 0.717) is 11.5 Å². The summed E-state index contributed by atoms with van der Waals surface area (Å²) in [7, 11) is 0. The van der Waals surface area contributed by atoms with E-state index in [2.05, 4.69) is 0 Å². The van der Waals surface area contributed by atoms with Crippen molar-refractivity contribution in [2.24, 2.45) is 0 Å². The number of fused-ring (bicyclic) bond motifs is 2. The Morgan fingerprint density at radius 2 is 0.773 bits per heavy atom. The summed E-state index contributed by atoms with van der Waals surface area (Å²) < 4.78 is 0. The van der Waals surface area contributed by atoms with Gasteiger partial charge in [0.05, 0.1) is 0 Å². The molecule has 22 heavy (non-hydrogen) atoms. The molecule has 0 radical (unpaired) electrons. The van der Waals surface area contributed by atoms with E-state index in [1.807, 2.05) is 60.7 Å². The van der Waals surface area contributed by atoms with Gasteiger partial charge < -0.3 is 10.2 Å². The molecule has 2 nitrogen and oxygen atoms in total. The van der Waals surface area contributed by atoms with Gasteiger partial charge in [-0.15, -0.1) is 0 Å². The van der Waals surface area contributed by atoms with E-state index in [0.717, 1.165) is 21.5 Å². The van der Waals surface area contributed by atoms with Gasteiger partial charge >= 0.3 is 0 Å². The molecule has 108 valence electrons. The summed E-state index contributed by atoms with van der Waals surface area (Å²) in [5, 5.41) is 22.7. The van der Waals surface area contributed by atoms with Crippen molar-refractivity contribution in [2.75, 3.05) is 0 Å². The van der Waals surface area contributed by atoms with Crippen LogP contribution >= 0.6 is 0 Å². The highest BCUT2D eigenvalue weighted by atomic mass is 16.3. The van der Waals surface area contributed by atoms with Crippen molar-refractivity contribution in [3.8, 4) is 11.5 Å². The smallest absolute Gasteiger partial charge is 0.116 e. The fourth-order valence-electron chi connectivity index (χ4n) is 2.35. The SMILES string of the molecule is Oc1ccc2ccccc2c1.Oc1ccc2ccccc2c1. The summed E-state index contributed by atoms with van der Waals surface area (Å²) in [4.78, 5) is 0. The third kappa shape index (κ3) is 3.18. The Bertz CT molecular complexity index is 836. The minimum Gasteiger partial charge on any atom is -0.508 e. The highest BCUT2D eigenvalue weighted by molar-refractivity contribution is 5.84. The molecule has 0 fully saturated rings.